The summed E-state index contributed by atoms with van der Waals surface area (Å²) in [5, 5.41) is 14.4. The van der Waals surface area contributed by atoms with Crippen molar-refractivity contribution in [2.24, 2.45) is 0 Å². The van der Waals surface area contributed by atoms with Gasteiger partial charge in [-0.2, -0.15) is 5.10 Å². The molecule has 0 aliphatic carbocycles. The summed E-state index contributed by atoms with van der Waals surface area (Å²) in [7, 11) is 0. The fraction of sp³-hybridized carbons (Fsp3) is 0.273. The largest absolute Gasteiger partial charge is 0.385 e. The normalized spacial score (nSPS) is 16.2. The third-order valence-corrected chi connectivity index (χ3v) is 5.08. The van der Waals surface area contributed by atoms with Crippen molar-refractivity contribution in [2.75, 3.05) is 18.4 Å². The third kappa shape index (κ3) is 4.48. The van der Waals surface area contributed by atoms with Crippen LogP contribution < -0.4 is 21.5 Å². The van der Waals surface area contributed by atoms with E-state index in [4.69, 9.17) is 0 Å². The zero-order valence-corrected chi connectivity index (χ0v) is 16.4. The van der Waals surface area contributed by atoms with E-state index in [9.17, 15) is 14.4 Å². The van der Waals surface area contributed by atoms with Gasteiger partial charge in [-0.1, -0.05) is 30.3 Å². The highest BCUT2D eigenvalue weighted by Crippen LogP contribution is 2.13. The SMILES string of the molecule is O=C1CNC(=O)C(Cc2cccc(NCCCn3ncc4ccccc4c3=O)c2)N1. The molecule has 1 aliphatic rings. The molecular formula is C22H23N5O3. The number of hydrogen-bond donors (Lipinski definition) is 3. The van der Waals surface area contributed by atoms with E-state index in [1.165, 1.54) is 4.68 Å². The molecule has 8 nitrogen and oxygen atoms in total. The van der Waals surface area contributed by atoms with Gasteiger partial charge in [0.1, 0.15) is 6.04 Å². The van der Waals surface area contributed by atoms with Crippen LogP contribution in [0.15, 0.2) is 59.5 Å². The van der Waals surface area contributed by atoms with Gasteiger partial charge in [-0.25, -0.2) is 4.68 Å². The van der Waals surface area contributed by atoms with Gasteiger partial charge < -0.3 is 16.0 Å². The summed E-state index contributed by atoms with van der Waals surface area (Å²) in [4.78, 5) is 35.9. The minimum atomic E-state index is -0.549. The Kier molecular flexibility index (Phi) is 5.74. The summed E-state index contributed by atoms with van der Waals surface area (Å²) in [6.45, 7) is 1.22. The van der Waals surface area contributed by atoms with Crippen molar-refractivity contribution in [3.63, 3.8) is 0 Å². The van der Waals surface area contributed by atoms with Gasteiger partial charge in [-0.3, -0.25) is 14.4 Å². The van der Waals surface area contributed by atoms with Gasteiger partial charge in [0.15, 0.2) is 0 Å². The molecule has 1 aromatic heterocycles. The molecule has 0 spiro atoms. The summed E-state index contributed by atoms with van der Waals surface area (Å²) in [6.07, 6.45) is 2.88. The van der Waals surface area contributed by atoms with E-state index in [2.05, 4.69) is 21.0 Å². The standard InChI is InChI=1S/C22H23N5O3/c28-20-14-24-21(29)19(26-20)12-15-5-3-7-17(11-15)23-9-4-10-27-22(30)18-8-2-1-6-16(18)13-25-27/h1-3,5-8,11,13,19,23H,4,9-10,12,14H2,(H,24,29)(H,26,28). The molecule has 30 heavy (non-hydrogen) atoms. The Hall–Kier alpha value is -3.68. The van der Waals surface area contributed by atoms with Crippen molar-refractivity contribution >= 4 is 28.3 Å². The van der Waals surface area contributed by atoms with E-state index < -0.39 is 6.04 Å². The maximum absolute atomic E-state index is 12.5. The number of fused-ring (bicyclic) bond motifs is 1. The first kappa shape index (κ1) is 19.6. The van der Waals surface area contributed by atoms with E-state index >= 15 is 0 Å². The fourth-order valence-electron chi connectivity index (χ4n) is 3.54. The molecule has 154 valence electrons. The van der Waals surface area contributed by atoms with Crippen LogP contribution in [-0.2, 0) is 22.6 Å². The lowest BCUT2D eigenvalue weighted by atomic mass is 10.0. The summed E-state index contributed by atoms with van der Waals surface area (Å²) in [5.74, 6) is -0.340. The lowest BCUT2D eigenvalue weighted by molar-refractivity contribution is -0.133. The molecule has 2 amide bonds. The van der Waals surface area contributed by atoms with E-state index in [1.807, 2.05) is 48.5 Å². The number of carbonyl (C=O) groups excluding carboxylic acids is 2. The highest BCUT2D eigenvalue weighted by Gasteiger charge is 2.25. The number of benzene rings is 2. The summed E-state index contributed by atoms with van der Waals surface area (Å²) >= 11 is 0. The number of piperazine rings is 1. The highest BCUT2D eigenvalue weighted by molar-refractivity contribution is 5.94. The predicted molar refractivity (Wildman–Crippen MR) is 114 cm³/mol. The van der Waals surface area contributed by atoms with Crippen LogP contribution in [0.1, 0.15) is 12.0 Å². The number of aromatic nitrogens is 2. The minimum Gasteiger partial charge on any atom is -0.385 e. The van der Waals surface area contributed by atoms with Crippen LogP contribution >= 0.6 is 0 Å². The predicted octanol–water partition coefficient (Wildman–Crippen LogP) is 1.06. The van der Waals surface area contributed by atoms with Crippen LogP contribution in [0, 0.1) is 0 Å². The molecule has 3 aromatic rings. The molecule has 4 rings (SSSR count). The molecule has 1 aliphatic heterocycles. The molecule has 1 saturated heterocycles. The number of nitrogens with one attached hydrogen (secondary N) is 3. The molecule has 1 unspecified atom stereocenters. The van der Waals surface area contributed by atoms with Gasteiger partial charge in [0.25, 0.3) is 5.56 Å². The molecule has 1 fully saturated rings. The second kappa shape index (κ2) is 8.77. The Bertz CT molecular complexity index is 1140. The van der Waals surface area contributed by atoms with Crippen molar-refractivity contribution < 1.29 is 9.59 Å². The Morgan fingerprint density at radius 3 is 2.87 bits per heavy atom. The van der Waals surface area contributed by atoms with Crippen LogP contribution in [0.3, 0.4) is 0 Å². The lowest BCUT2D eigenvalue weighted by Crippen LogP contribution is -2.56. The first-order chi connectivity index (χ1) is 14.6. The molecule has 0 bridgehead atoms. The van der Waals surface area contributed by atoms with Crippen LogP contribution in [0.25, 0.3) is 10.8 Å². The van der Waals surface area contributed by atoms with Crippen molar-refractivity contribution in [1.29, 1.82) is 0 Å². The topological polar surface area (TPSA) is 105 Å². The second-order valence-electron chi connectivity index (χ2n) is 7.28. The zero-order chi connectivity index (χ0) is 20.9. The fourth-order valence-corrected chi connectivity index (χ4v) is 3.54. The Morgan fingerprint density at radius 2 is 1.97 bits per heavy atom. The van der Waals surface area contributed by atoms with Crippen molar-refractivity contribution in [3.8, 4) is 0 Å². The van der Waals surface area contributed by atoms with Gasteiger partial charge in [0.2, 0.25) is 11.8 Å². The molecule has 8 heteroatoms. The Labute approximate surface area is 173 Å². The van der Waals surface area contributed by atoms with Crippen LogP contribution in [0.4, 0.5) is 5.69 Å². The number of nitrogens with zero attached hydrogens (tertiary/aromatic N) is 2. The minimum absolute atomic E-state index is 0.0338. The van der Waals surface area contributed by atoms with Crippen LogP contribution in [-0.4, -0.2) is 40.7 Å². The van der Waals surface area contributed by atoms with Gasteiger partial charge in [-0.05, 0) is 30.2 Å². The third-order valence-electron chi connectivity index (χ3n) is 5.08. The number of carbonyl (C=O) groups is 2. The second-order valence-corrected chi connectivity index (χ2v) is 7.28. The van der Waals surface area contributed by atoms with Crippen LogP contribution in [0.5, 0.6) is 0 Å². The van der Waals surface area contributed by atoms with E-state index in [0.717, 1.165) is 23.1 Å². The molecule has 2 aromatic carbocycles. The van der Waals surface area contributed by atoms with Gasteiger partial charge in [0.05, 0.1) is 18.1 Å². The number of hydrogen-bond acceptors (Lipinski definition) is 5. The molecule has 2 heterocycles. The first-order valence-electron chi connectivity index (χ1n) is 9.95. The lowest BCUT2D eigenvalue weighted by Gasteiger charge is -2.23. The van der Waals surface area contributed by atoms with Crippen LogP contribution in [0.2, 0.25) is 0 Å². The highest BCUT2D eigenvalue weighted by atomic mass is 16.2. The Balaban J connectivity index is 1.32. The van der Waals surface area contributed by atoms with E-state index in [1.54, 1.807) is 6.20 Å². The smallest absolute Gasteiger partial charge is 0.274 e. The Morgan fingerprint density at radius 1 is 1.10 bits per heavy atom. The quantitative estimate of drug-likeness (QED) is 0.510. The molecule has 3 N–H and O–H groups in total. The van der Waals surface area contributed by atoms with Crippen molar-refractivity contribution in [3.05, 3.63) is 70.6 Å². The molecule has 1 atom stereocenters. The van der Waals surface area contributed by atoms with Gasteiger partial charge in [0, 0.05) is 30.6 Å². The maximum Gasteiger partial charge on any atom is 0.274 e. The maximum atomic E-state index is 12.5. The average Bonchev–Trinajstić information content (AvgIpc) is 2.76. The summed E-state index contributed by atoms with van der Waals surface area (Å²) in [5.41, 5.74) is 1.80. The number of rotatable bonds is 7. The van der Waals surface area contributed by atoms with Gasteiger partial charge >= 0.3 is 0 Å². The van der Waals surface area contributed by atoms with E-state index in [0.29, 0.717) is 24.9 Å². The number of amides is 2. The molecule has 0 saturated carbocycles. The zero-order valence-electron chi connectivity index (χ0n) is 16.4. The van der Waals surface area contributed by atoms with Crippen molar-refractivity contribution in [2.45, 2.75) is 25.4 Å². The van der Waals surface area contributed by atoms with Crippen molar-refractivity contribution in [1.82, 2.24) is 20.4 Å². The average molecular weight is 405 g/mol. The van der Waals surface area contributed by atoms with Gasteiger partial charge in [-0.15, -0.1) is 0 Å². The monoisotopic (exact) mass is 405 g/mol. The number of anilines is 1. The van der Waals surface area contributed by atoms with E-state index in [-0.39, 0.29) is 23.9 Å². The first-order valence-corrected chi connectivity index (χ1v) is 9.95. The number of aryl methyl sites for hydroxylation is 1. The molecule has 0 radical (unpaired) electrons. The summed E-state index contributed by atoms with van der Waals surface area (Å²) in [6, 6.07) is 14.6. The molecular weight excluding hydrogens is 382 g/mol. The summed E-state index contributed by atoms with van der Waals surface area (Å²) < 4.78 is 1.49.